The molecule has 0 fully saturated rings. The van der Waals surface area contributed by atoms with Crippen LogP contribution in [0.2, 0.25) is 0 Å². The maximum absolute atomic E-state index is 12.1. The van der Waals surface area contributed by atoms with Gasteiger partial charge in [-0.3, -0.25) is 4.79 Å². The van der Waals surface area contributed by atoms with Gasteiger partial charge in [0.15, 0.2) is 0 Å². The van der Waals surface area contributed by atoms with Crippen LogP contribution in [0.25, 0.3) is 0 Å². The zero-order chi connectivity index (χ0) is 17.5. The van der Waals surface area contributed by atoms with Crippen LogP contribution in [0.1, 0.15) is 37.6 Å². The number of nitrogens with one attached hydrogen (secondary N) is 1. The average molecular weight is 330 g/mol. The minimum Gasteiger partial charge on any atom is -0.380 e. The number of carbonyl (C=O) groups is 1. The summed E-state index contributed by atoms with van der Waals surface area (Å²) >= 11 is 0. The van der Waals surface area contributed by atoms with Crippen LogP contribution in [-0.4, -0.2) is 35.2 Å². The van der Waals surface area contributed by atoms with Crippen molar-refractivity contribution >= 4 is 11.6 Å². The summed E-state index contributed by atoms with van der Waals surface area (Å²) in [5, 5.41) is 2.90. The van der Waals surface area contributed by atoms with Gasteiger partial charge in [0.25, 0.3) is 0 Å². The van der Waals surface area contributed by atoms with Gasteiger partial charge in [-0.2, -0.15) is 0 Å². The van der Waals surface area contributed by atoms with Crippen molar-refractivity contribution in [1.29, 1.82) is 0 Å². The molecule has 0 aliphatic rings. The van der Waals surface area contributed by atoms with Crippen LogP contribution < -0.4 is 11.1 Å². The fourth-order valence-corrected chi connectivity index (χ4v) is 2.58. The molecule has 0 aliphatic carbocycles. The van der Waals surface area contributed by atoms with Gasteiger partial charge < -0.3 is 20.4 Å². The molecule has 1 aromatic heterocycles. The van der Waals surface area contributed by atoms with Gasteiger partial charge in [-0.1, -0.05) is 26.0 Å². The zero-order valence-corrected chi connectivity index (χ0v) is 14.5. The fraction of sp³-hybridized carbons (Fsp3) is 0.444. The van der Waals surface area contributed by atoms with E-state index >= 15 is 0 Å². The van der Waals surface area contributed by atoms with Crippen LogP contribution >= 0.6 is 0 Å². The lowest BCUT2D eigenvalue weighted by molar-refractivity contribution is -0.118. The lowest BCUT2D eigenvalue weighted by Crippen LogP contribution is -2.28. The van der Waals surface area contributed by atoms with Crippen LogP contribution in [0.15, 0.2) is 36.7 Å². The largest absolute Gasteiger partial charge is 0.380 e. The summed E-state index contributed by atoms with van der Waals surface area (Å²) in [7, 11) is 1.56. The van der Waals surface area contributed by atoms with Crippen LogP contribution in [0.4, 0.5) is 5.69 Å². The monoisotopic (exact) mass is 330 g/mol. The molecule has 0 saturated carbocycles. The fourth-order valence-electron chi connectivity index (χ4n) is 2.58. The van der Waals surface area contributed by atoms with Gasteiger partial charge in [0, 0.05) is 44.2 Å². The smallest absolute Gasteiger partial charge is 0.227 e. The molecule has 1 aromatic carbocycles. The lowest BCUT2D eigenvalue weighted by atomic mass is 10.1. The molecule has 1 atom stereocenters. The first-order valence-corrected chi connectivity index (χ1v) is 8.16. The van der Waals surface area contributed by atoms with Crippen molar-refractivity contribution in [2.24, 2.45) is 5.73 Å². The number of hydrogen-bond acceptors (Lipinski definition) is 4. The van der Waals surface area contributed by atoms with E-state index in [0.717, 1.165) is 23.6 Å². The number of hydrogen-bond donors (Lipinski definition) is 2. The van der Waals surface area contributed by atoms with E-state index < -0.39 is 0 Å². The standard InChI is InChI=1S/C18H26N4O2/c1-13(2)18-20-7-8-22(18)12-14-5-4-6-15(9-14)21-17(23)10-16(11-19)24-3/h4-9,13,16H,10-12,19H2,1-3H3,(H,21,23). The second-order valence-electron chi connectivity index (χ2n) is 6.11. The van der Waals surface area contributed by atoms with Gasteiger partial charge in [0.2, 0.25) is 5.91 Å². The number of anilines is 1. The van der Waals surface area contributed by atoms with E-state index in [-0.39, 0.29) is 18.4 Å². The Kier molecular flexibility index (Phi) is 6.52. The third-order valence-electron chi connectivity index (χ3n) is 3.84. The molecule has 24 heavy (non-hydrogen) atoms. The van der Waals surface area contributed by atoms with Gasteiger partial charge >= 0.3 is 0 Å². The Morgan fingerprint density at radius 2 is 2.21 bits per heavy atom. The molecular weight excluding hydrogens is 304 g/mol. The topological polar surface area (TPSA) is 82.2 Å². The van der Waals surface area contributed by atoms with Crippen molar-refractivity contribution in [1.82, 2.24) is 9.55 Å². The number of nitrogens with zero attached hydrogens (tertiary/aromatic N) is 2. The predicted octanol–water partition coefficient (Wildman–Crippen LogP) is 2.36. The molecule has 0 spiro atoms. The van der Waals surface area contributed by atoms with E-state index in [2.05, 4.69) is 28.7 Å². The molecule has 130 valence electrons. The van der Waals surface area contributed by atoms with Crippen LogP contribution in [0.5, 0.6) is 0 Å². The molecule has 2 aromatic rings. The van der Waals surface area contributed by atoms with Crippen molar-refractivity contribution in [3.05, 3.63) is 48.0 Å². The normalized spacial score (nSPS) is 12.4. The Balaban J connectivity index is 2.03. The van der Waals surface area contributed by atoms with Crippen molar-refractivity contribution in [3.8, 4) is 0 Å². The second-order valence-corrected chi connectivity index (χ2v) is 6.11. The average Bonchev–Trinajstić information content (AvgIpc) is 3.01. The summed E-state index contributed by atoms with van der Waals surface area (Å²) in [4.78, 5) is 16.5. The summed E-state index contributed by atoms with van der Waals surface area (Å²) in [6.07, 6.45) is 3.78. The SMILES string of the molecule is COC(CN)CC(=O)Nc1cccc(Cn2ccnc2C(C)C)c1. The van der Waals surface area contributed by atoms with Gasteiger partial charge in [-0.15, -0.1) is 0 Å². The maximum Gasteiger partial charge on any atom is 0.227 e. The number of nitrogens with two attached hydrogens (primary N) is 1. The minimum atomic E-state index is -0.257. The third-order valence-corrected chi connectivity index (χ3v) is 3.84. The third kappa shape index (κ3) is 4.91. The molecule has 0 bridgehead atoms. The number of carbonyl (C=O) groups excluding carboxylic acids is 1. The number of aromatic nitrogens is 2. The minimum absolute atomic E-state index is 0.102. The highest BCUT2D eigenvalue weighted by Gasteiger charge is 2.12. The molecule has 2 rings (SSSR count). The first-order chi connectivity index (χ1) is 11.5. The van der Waals surface area contributed by atoms with Crippen LogP contribution in [0, 0.1) is 0 Å². The van der Waals surface area contributed by atoms with Crippen molar-refractivity contribution in [2.45, 2.75) is 38.8 Å². The Bertz CT molecular complexity index is 663. The van der Waals surface area contributed by atoms with Crippen LogP contribution in [0.3, 0.4) is 0 Å². The number of rotatable bonds is 8. The Morgan fingerprint density at radius 1 is 1.42 bits per heavy atom. The first-order valence-electron chi connectivity index (χ1n) is 8.16. The Labute approximate surface area is 143 Å². The molecule has 1 unspecified atom stereocenters. The lowest BCUT2D eigenvalue weighted by Gasteiger charge is -2.14. The number of ether oxygens (including phenoxy) is 1. The van der Waals surface area contributed by atoms with E-state index in [0.29, 0.717) is 12.5 Å². The summed E-state index contributed by atoms with van der Waals surface area (Å²) in [6, 6.07) is 7.83. The number of methoxy groups -OCH3 is 1. The van der Waals surface area contributed by atoms with E-state index in [1.165, 1.54) is 0 Å². The highest BCUT2D eigenvalue weighted by atomic mass is 16.5. The van der Waals surface area contributed by atoms with Crippen molar-refractivity contribution in [3.63, 3.8) is 0 Å². The van der Waals surface area contributed by atoms with E-state index in [9.17, 15) is 4.79 Å². The number of imidazole rings is 1. The van der Waals surface area contributed by atoms with Crippen molar-refractivity contribution < 1.29 is 9.53 Å². The molecule has 0 saturated heterocycles. The maximum atomic E-state index is 12.1. The first kappa shape index (κ1) is 18.2. The molecule has 6 heteroatoms. The molecule has 3 N–H and O–H groups in total. The predicted molar refractivity (Wildman–Crippen MR) is 95.0 cm³/mol. The van der Waals surface area contributed by atoms with E-state index in [1.807, 2.05) is 36.7 Å². The molecule has 0 radical (unpaired) electrons. The van der Waals surface area contributed by atoms with Crippen LogP contribution in [-0.2, 0) is 16.1 Å². The molecule has 0 aliphatic heterocycles. The van der Waals surface area contributed by atoms with Gasteiger partial charge in [0.1, 0.15) is 5.82 Å². The number of benzene rings is 1. The highest BCUT2D eigenvalue weighted by Crippen LogP contribution is 2.16. The van der Waals surface area contributed by atoms with Gasteiger partial charge in [0.05, 0.1) is 12.5 Å². The molecular formula is C18H26N4O2. The Hall–Kier alpha value is -2.18. The zero-order valence-electron chi connectivity index (χ0n) is 14.5. The van der Waals surface area contributed by atoms with Gasteiger partial charge in [-0.05, 0) is 17.7 Å². The molecule has 1 amide bonds. The van der Waals surface area contributed by atoms with Gasteiger partial charge in [-0.25, -0.2) is 4.98 Å². The quantitative estimate of drug-likeness (QED) is 0.778. The summed E-state index contributed by atoms with van der Waals surface area (Å²) in [5.74, 6) is 1.32. The number of amides is 1. The van der Waals surface area contributed by atoms with Crippen molar-refractivity contribution in [2.75, 3.05) is 19.0 Å². The summed E-state index contributed by atoms with van der Waals surface area (Å²) < 4.78 is 7.27. The summed E-state index contributed by atoms with van der Waals surface area (Å²) in [5.41, 5.74) is 7.43. The molecule has 6 nitrogen and oxygen atoms in total. The molecule has 1 heterocycles. The Morgan fingerprint density at radius 3 is 2.88 bits per heavy atom. The van der Waals surface area contributed by atoms with E-state index in [4.69, 9.17) is 10.5 Å². The second kappa shape index (κ2) is 8.61. The van der Waals surface area contributed by atoms with E-state index in [1.54, 1.807) is 7.11 Å². The highest BCUT2D eigenvalue weighted by molar-refractivity contribution is 5.91. The summed E-state index contributed by atoms with van der Waals surface area (Å²) in [6.45, 7) is 5.29.